The highest BCUT2D eigenvalue weighted by Gasteiger charge is 2.31. The van der Waals surface area contributed by atoms with Gasteiger partial charge in [0.2, 0.25) is 0 Å². The van der Waals surface area contributed by atoms with Gasteiger partial charge in [-0.05, 0) is 42.9 Å². The van der Waals surface area contributed by atoms with Gasteiger partial charge in [0.25, 0.3) is 0 Å². The Kier molecular flexibility index (Phi) is 5.34. The van der Waals surface area contributed by atoms with Crippen LogP contribution in [0.25, 0.3) is 0 Å². The van der Waals surface area contributed by atoms with E-state index in [1.54, 1.807) is 7.11 Å². The molecule has 1 fully saturated rings. The largest absolute Gasteiger partial charge is 0.495 e. The van der Waals surface area contributed by atoms with Gasteiger partial charge in [-0.3, -0.25) is 0 Å². The van der Waals surface area contributed by atoms with E-state index in [9.17, 15) is 0 Å². The molecule has 3 heteroatoms. The van der Waals surface area contributed by atoms with Crippen molar-refractivity contribution in [2.24, 2.45) is 11.7 Å². The van der Waals surface area contributed by atoms with Crippen LogP contribution in [0.2, 0.25) is 5.02 Å². The van der Waals surface area contributed by atoms with E-state index in [1.807, 2.05) is 12.1 Å². The summed E-state index contributed by atoms with van der Waals surface area (Å²) in [5, 5.41) is 0.650. The van der Waals surface area contributed by atoms with E-state index in [0.717, 1.165) is 30.1 Å². The molecule has 0 saturated heterocycles. The van der Waals surface area contributed by atoms with E-state index in [2.05, 4.69) is 13.0 Å². The lowest BCUT2D eigenvalue weighted by Gasteiger charge is -2.29. The van der Waals surface area contributed by atoms with Crippen LogP contribution < -0.4 is 10.5 Å². The summed E-state index contributed by atoms with van der Waals surface area (Å²) in [5.74, 6) is 1.57. The summed E-state index contributed by atoms with van der Waals surface area (Å²) in [6, 6.07) is 5.98. The smallest absolute Gasteiger partial charge is 0.137 e. The first-order valence-corrected chi connectivity index (χ1v) is 8.09. The molecule has 1 aromatic rings. The van der Waals surface area contributed by atoms with Crippen LogP contribution in [0.4, 0.5) is 0 Å². The van der Waals surface area contributed by atoms with E-state index in [4.69, 9.17) is 22.1 Å². The van der Waals surface area contributed by atoms with E-state index < -0.39 is 0 Å². The van der Waals surface area contributed by atoms with Gasteiger partial charge in [0, 0.05) is 5.54 Å². The summed E-state index contributed by atoms with van der Waals surface area (Å²) < 4.78 is 5.32. The third kappa shape index (κ3) is 3.48. The monoisotopic (exact) mass is 295 g/mol. The van der Waals surface area contributed by atoms with Crippen LogP contribution in [0.15, 0.2) is 18.2 Å². The number of methoxy groups -OCH3 is 1. The molecule has 1 aliphatic rings. The van der Waals surface area contributed by atoms with Crippen molar-refractivity contribution < 1.29 is 4.74 Å². The van der Waals surface area contributed by atoms with Gasteiger partial charge in [-0.2, -0.15) is 0 Å². The van der Waals surface area contributed by atoms with Crippen LogP contribution >= 0.6 is 11.6 Å². The second-order valence-corrected chi connectivity index (χ2v) is 6.50. The summed E-state index contributed by atoms with van der Waals surface area (Å²) in [6.07, 6.45) is 8.48. The maximum Gasteiger partial charge on any atom is 0.137 e. The summed E-state index contributed by atoms with van der Waals surface area (Å²) >= 11 is 6.11. The van der Waals surface area contributed by atoms with E-state index in [-0.39, 0.29) is 5.54 Å². The van der Waals surface area contributed by atoms with Crippen LogP contribution in [0.5, 0.6) is 5.75 Å². The maximum atomic E-state index is 6.71. The zero-order chi connectivity index (χ0) is 14.6. The minimum absolute atomic E-state index is 0.222. The molecule has 112 valence electrons. The lowest BCUT2D eigenvalue weighted by molar-refractivity contribution is 0.363. The van der Waals surface area contributed by atoms with Crippen LogP contribution in [0.3, 0.4) is 0 Å². The number of halogens is 1. The van der Waals surface area contributed by atoms with Gasteiger partial charge in [0.1, 0.15) is 5.75 Å². The van der Waals surface area contributed by atoms with Gasteiger partial charge in [0.15, 0.2) is 0 Å². The minimum Gasteiger partial charge on any atom is -0.495 e. The maximum absolute atomic E-state index is 6.71. The molecule has 0 bridgehead atoms. The summed E-state index contributed by atoms with van der Waals surface area (Å²) in [4.78, 5) is 0. The predicted octanol–water partition coefficient (Wildman–Crippen LogP) is 4.88. The first kappa shape index (κ1) is 15.7. The highest BCUT2D eigenvalue weighted by Crippen LogP contribution is 2.39. The van der Waals surface area contributed by atoms with E-state index >= 15 is 0 Å². The first-order chi connectivity index (χ1) is 9.59. The molecule has 0 spiro atoms. The predicted molar refractivity (Wildman–Crippen MR) is 85.4 cm³/mol. The normalized spacial score (nSPS) is 27.1. The average Bonchev–Trinajstić information content (AvgIpc) is 2.63. The van der Waals surface area contributed by atoms with Gasteiger partial charge < -0.3 is 10.5 Å². The number of benzene rings is 1. The van der Waals surface area contributed by atoms with Crippen LogP contribution in [0, 0.1) is 5.92 Å². The highest BCUT2D eigenvalue weighted by molar-refractivity contribution is 6.32. The highest BCUT2D eigenvalue weighted by atomic mass is 35.5. The van der Waals surface area contributed by atoms with Crippen molar-refractivity contribution in [3.05, 3.63) is 28.8 Å². The molecule has 0 amide bonds. The Morgan fingerprint density at radius 1 is 1.35 bits per heavy atom. The molecule has 1 aromatic carbocycles. The molecule has 0 aromatic heterocycles. The van der Waals surface area contributed by atoms with Crippen LogP contribution in [0.1, 0.15) is 57.4 Å². The van der Waals surface area contributed by atoms with E-state index in [0.29, 0.717) is 5.02 Å². The van der Waals surface area contributed by atoms with Crippen molar-refractivity contribution in [2.45, 2.75) is 57.4 Å². The first-order valence-electron chi connectivity index (χ1n) is 7.72. The zero-order valence-electron chi connectivity index (χ0n) is 12.6. The quantitative estimate of drug-likeness (QED) is 0.803. The number of rotatable bonds is 4. The second kappa shape index (κ2) is 6.82. The van der Waals surface area contributed by atoms with Crippen molar-refractivity contribution in [3.8, 4) is 5.75 Å². The lowest BCUT2D eigenvalue weighted by Crippen LogP contribution is -2.36. The molecular weight excluding hydrogens is 270 g/mol. The van der Waals surface area contributed by atoms with Gasteiger partial charge in [0.05, 0.1) is 12.1 Å². The third-order valence-corrected chi connectivity index (χ3v) is 4.97. The number of hydrogen-bond donors (Lipinski definition) is 1. The molecule has 0 heterocycles. The molecule has 2 rings (SSSR count). The molecule has 20 heavy (non-hydrogen) atoms. The Morgan fingerprint density at radius 2 is 2.15 bits per heavy atom. The minimum atomic E-state index is -0.222. The van der Waals surface area contributed by atoms with Crippen molar-refractivity contribution >= 4 is 11.6 Å². The lowest BCUT2D eigenvalue weighted by atomic mass is 9.83. The Bertz CT molecular complexity index is 449. The van der Waals surface area contributed by atoms with Gasteiger partial charge >= 0.3 is 0 Å². The fourth-order valence-corrected chi connectivity index (χ4v) is 3.59. The molecule has 1 saturated carbocycles. The van der Waals surface area contributed by atoms with E-state index in [1.165, 1.54) is 32.1 Å². The van der Waals surface area contributed by atoms with Crippen molar-refractivity contribution in [3.63, 3.8) is 0 Å². The average molecular weight is 296 g/mol. The fraction of sp³-hybridized carbons (Fsp3) is 0.647. The molecule has 2 unspecified atom stereocenters. The topological polar surface area (TPSA) is 35.2 Å². The number of nitrogens with two attached hydrogens (primary N) is 1. The Hall–Kier alpha value is -0.730. The number of ether oxygens (including phenoxy) is 1. The third-order valence-electron chi connectivity index (χ3n) is 4.66. The van der Waals surface area contributed by atoms with Gasteiger partial charge in [-0.15, -0.1) is 0 Å². The molecule has 2 N–H and O–H groups in total. The summed E-state index contributed by atoms with van der Waals surface area (Å²) in [5.41, 5.74) is 7.65. The molecule has 0 radical (unpaired) electrons. The SMILES string of the molecule is CCCC1CCCC(N)(c2ccc(Cl)c(OC)c2)CC1. The molecular formula is C17H26ClNO. The standard InChI is InChI=1S/C17H26ClNO/c1-3-5-13-6-4-10-17(19,11-9-13)14-7-8-15(18)16(12-14)20-2/h7-8,12-13H,3-6,9-11,19H2,1-2H3. The molecule has 2 atom stereocenters. The Balaban J connectivity index is 2.17. The Labute approximate surface area is 127 Å². The van der Waals surface area contributed by atoms with Crippen molar-refractivity contribution in [2.75, 3.05) is 7.11 Å². The van der Waals surface area contributed by atoms with Crippen molar-refractivity contribution in [1.29, 1.82) is 0 Å². The molecule has 0 aliphatic heterocycles. The van der Waals surface area contributed by atoms with Gasteiger partial charge in [-0.1, -0.05) is 50.3 Å². The van der Waals surface area contributed by atoms with Crippen molar-refractivity contribution in [1.82, 2.24) is 0 Å². The van der Waals surface area contributed by atoms with Crippen LogP contribution in [-0.2, 0) is 5.54 Å². The van der Waals surface area contributed by atoms with Gasteiger partial charge in [-0.25, -0.2) is 0 Å². The molecule has 2 nitrogen and oxygen atoms in total. The summed E-state index contributed by atoms with van der Waals surface area (Å²) in [6.45, 7) is 2.27. The zero-order valence-corrected chi connectivity index (χ0v) is 13.4. The Morgan fingerprint density at radius 3 is 2.85 bits per heavy atom. The number of hydrogen-bond acceptors (Lipinski definition) is 2. The fourth-order valence-electron chi connectivity index (χ4n) is 3.39. The summed E-state index contributed by atoms with van der Waals surface area (Å²) in [7, 11) is 1.65. The van der Waals surface area contributed by atoms with Crippen LogP contribution in [-0.4, -0.2) is 7.11 Å². The molecule has 1 aliphatic carbocycles. The second-order valence-electron chi connectivity index (χ2n) is 6.09.